The van der Waals surface area contributed by atoms with Crippen LogP contribution in [-0.2, 0) is 11.3 Å². The average molecular weight is 232 g/mol. The summed E-state index contributed by atoms with van der Waals surface area (Å²) in [5.74, 6) is 0.0745. The Bertz CT molecular complexity index is 586. The number of nitrogens with zero attached hydrogens (tertiary/aromatic N) is 2. The lowest BCUT2D eigenvalue weighted by molar-refractivity contribution is -0.383. The average Bonchev–Trinajstić information content (AvgIpc) is 2.69. The van der Waals surface area contributed by atoms with Crippen molar-refractivity contribution in [1.29, 1.82) is 0 Å². The Morgan fingerprint density at radius 1 is 1.41 bits per heavy atom. The number of ketones is 1. The maximum absolute atomic E-state index is 10.9. The summed E-state index contributed by atoms with van der Waals surface area (Å²) in [7, 11) is 0. The fourth-order valence-electron chi connectivity index (χ4n) is 1.85. The fourth-order valence-corrected chi connectivity index (χ4v) is 1.85. The summed E-state index contributed by atoms with van der Waals surface area (Å²) in [5.41, 5.74) is 0.662. The maximum atomic E-state index is 10.9. The highest BCUT2D eigenvalue weighted by molar-refractivity contribution is 5.88. The summed E-state index contributed by atoms with van der Waals surface area (Å²) in [6.45, 7) is 1.99. The largest absolute Gasteiger partial charge is 0.341 e. The van der Waals surface area contributed by atoms with Gasteiger partial charge in [-0.3, -0.25) is 14.9 Å². The molecule has 2 rings (SSSR count). The van der Waals surface area contributed by atoms with E-state index in [2.05, 4.69) is 0 Å². The smallest absolute Gasteiger partial charge is 0.293 e. The third-order valence-corrected chi connectivity index (χ3v) is 2.67. The Labute approximate surface area is 97.8 Å². The normalized spacial score (nSPS) is 10.6. The number of aromatic nitrogens is 1. The molecule has 0 amide bonds. The zero-order valence-electron chi connectivity index (χ0n) is 9.42. The van der Waals surface area contributed by atoms with Gasteiger partial charge in [-0.1, -0.05) is 12.1 Å². The van der Waals surface area contributed by atoms with Crippen LogP contribution in [0.3, 0.4) is 0 Å². The van der Waals surface area contributed by atoms with Gasteiger partial charge in [0.1, 0.15) is 11.3 Å². The summed E-state index contributed by atoms with van der Waals surface area (Å²) in [5, 5.41) is 11.8. The van der Waals surface area contributed by atoms with Crippen LogP contribution in [0.4, 0.5) is 5.69 Å². The molecule has 0 saturated heterocycles. The highest BCUT2D eigenvalue weighted by Gasteiger charge is 2.15. The van der Waals surface area contributed by atoms with E-state index in [4.69, 9.17) is 0 Å². The molecule has 0 radical (unpaired) electrons. The highest BCUT2D eigenvalue weighted by Crippen LogP contribution is 2.26. The molecule has 0 saturated carbocycles. The standard InChI is InChI=1S/C12H12N2O3/c1-9(15)5-7-13-8-6-10-3-2-4-11(12(10)13)14(16)17/h2-4,6,8H,5,7H2,1H3. The lowest BCUT2D eigenvalue weighted by atomic mass is 10.2. The van der Waals surface area contributed by atoms with Crippen LogP contribution in [0.25, 0.3) is 10.9 Å². The van der Waals surface area contributed by atoms with Gasteiger partial charge in [0.05, 0.1) is 4.92 Å². The van der Waals surface area contributed by atoms with Gasteiger partial charge in [-0.05, 0) is 13.0 Å². The van der Waals surface area contributed by atoms with Crippen LogP contribution in [0.5, 0.6) is 0 Å². The molecule has 0 fully saturated rings. The van der Waals surface area contributed by atoms with E-state index in [-0.39, 0.29) is 11.5 Å². The second kappa shape index (κ2) is 4.37. The van der Waals surface area contributed by atoms with Crippen molar-refractivity contribution in [2.75, 3.05) is 0 Å². The van der Waals surface area contributed by atoms with Crippen molar-refractivity contribution in [1.82, 2.24) is 4.57 Å². The van der Waals surface area contributed by atoms with Gasteiger partial charge in [0.15, 0.2) is 0 Å². The summed E-state index contributed by atoms with van der Waals surface area (Å²) in [6.07, 6.45) is 2.16. The number of carbonyl (C=O) groups is 1. The lowest BCUT2D eigenvalue weighted by Crippen LogP contribution is -2.02. The first kappa shape index (κ1) is 11.3. The number of hydrogen-bond donors (Lipinski definition) is 0. The van der Waals surface area contributed by atoms with E-state index in [0.717, 1.165) is 5.39 Å². The van der Waals surface area contributed by atoms with Gasteiger partial charge in [-0.15, -0.1) is 0 Å². The summed E-state index contributed by atoms with van der Waals surface area (Å²) in [6, 6.07) is 6.79. The number of Topliss-reactive ketones (excluding diaryl/α,β-unsaturated/α-hetero) is 1. The molecule has 5 nitrogen and oxygen atoms in total. The van der Waals surface area contributed by atoms with Gasteiger partial charge in [0, 0.05) is 30.6 Å². The predicted molar refractivity (Wildman–Crippen MR) is 63.9 cm³/mol. The molecule has 1 heterocycles. The van der Waals surface area contributed by atoms with E-state index in [0.29, 0.717) is 18.5 Å². The minimum Gasteiger partial charge on any atom is -0.341 e. The molecule has 0 spiro atoms. The molecule has 0 bridgehead atoms. The quantitative estimate of drug-likeness (QED) is 0.601. The van der Waals surface area contributed by atoms with Crippen molar-refractivity contribution in [3.8, 4) is 0 Å². The fraction of sp³-hybridized carbons (Fsp3) is 0.250. The second-order valence-corrected chi connectivity index (χ2v) is 3.93. The van der Waals surface area contributed by atoms with Crippen molar-refractivity contribution >= 4 is 22.4 Å². The van der Waals surface area contributed by atoms with E-state index >= 15 is 0 Å². The number of aryl methyl sites for hydroxylation is 1. The number of fused-ring (bicyclic) bond motifs is 1. The minimum atomic E-state index is -0.396. The number of rotatable bonds is 4. The number of benzene rings is 1. The van der Waals surface area contributed by atoms with Gasteiger partial charge in [0.25, 0.3) is 5.69 Å². The first-order chi connectivity index (χ1) is 8.09. The third kappa shape index (κ3) is 2.18. The first-order valence-electron chi connectivity index (χ1n) is 5.31. The van der Waals surface area contributed by atoms with Crippen molar-refractivity contribution in [3.05, 3.63) is 40.6 Å². The zero-order chi connectivity index (χ0) is 12.4. The molecule has 0 aliphatic rings. The number of nitro groups is 1. The van der Waals surface area contributed by atoms with Crippen molar-refractivity contribution in [2.24, 2.45) is 0 Å². The van der Waals surface area contributed by atoms with Crippen LogP contribution in [-0.4, -0.2) is 15.3 Å². The van der Waals surface area contributed by atoms with E-state index in [1.165, 1.54) is 13.0 Å². The molecule has 17 heavy (non-hydrogen) atoms. The molecule has 0 unspecified atom stereocenters. The van der Waals surface area contributed by atoms with Crippen LogP contribution in [0, 0.1) is 10.1 Å². The van der Waals surface area contributed by atoms with E-state index in [1.807, 2.05) is 12.1 Å². The van der Waals surface area contributed by atoms with E-state index in [9.17, 15) is 14.9 Å². The lowest BCUT2D eigenvalue weighted by Gasteiger charge is -2.03. The van der Waals surface area contributed by atoms with Gasteiger partial charge < -0.3 is 4.57 Å². The SMILES string of the molecule is CC(=O)CCn1ccc2cccc([N+](=O)[O-])c21. The van der Waals surface area contributed by atoms with Crippen molar-refractivity contribution in [2.45, 2.75) is 19.9 Å². The predicted octanol–water partition coefficient (Wildman–Crippen LogP) is 2.53. The Morgan fingerprint density at radius 3 is 2.82 bits per heavy atom. The number of hydrogen-bond acceptors (Lipinski definition) is 3. The van der Waals surface area contributed by atoms with Crippen LogP contribution >= 0.6 is 0 Å². The van der Waals surface area contributed by atoms with Crippen LogP contribution < -0.4 is 0 Å². The second-order valence-electron chi connectivity index (χ2n) is 3.93. The molecule has 1 aromatic heterocycles. The van der Waals surface area contributed by atoms with Crippen LogP contribution in [0.15, 0.2) is 30.5 Å². The number of non-ortho nitro benzene ring substituents is 1. The molecule has 0 aliphatic heterocycles. The summed E-state index contributed by atoms with van der Waals surface area (Å²) in [4.78, 5) is 21.5. The maximum Gasteiger partial charge on any atom is 0.293 e. The molecule has 2 aromatic rings. The molecular weight excluding hydrogens is 220 g/mol. The van der Waals surface area contributed by atoms with Gasteiger partial charge >= 0.3 is 0 Å². The van der Waals surface area contributed by atoms with E-state index in [1.54, 1.807) is 16.8 Å². The third-order valence-electron chi connectivity index (χ3n) is 2.67. The van der Waals surface area contributed by atoms with Crippen molar-refractivity contribution in [3.63, 3.8) is 0 Å². The van der Waals surface area contributed by atoms with Crippen LogP contribution in [0.2, 0.25) is 0 Å². The summed E-state index contributed by atoms with van der Waals surface area (Å²) >= 11 is 0. The van der Waals surface area contributed by atoms with Gasteiger partial charge in [-0.2, -0.15) is 0 Å². The molecule has 0 aliphatic carbocycles. The highest BCUT2D eigenvalue weighted by atomic mass is 16.6. The topological polar surface area (TPSA) is 65.1 Å². The molecule has 88 valence electrons. The molecule has 0 N–H and O–H groups in total. The van der Waals surface area contributed by atoms with Crippen LogP contribution in [0.1, 0.15) is 13.3 Å². The molecule has 0 atom stereocenters. The monoisotopic (exact) mass is 232 g/mol. The molecule has 1 aromatic carbocycles. The van der Waals surface area contributed by atoms with Gasteiger partial charge in [0.2, 0.25) is 0 Å². The minimum absolute atomic E-state index is 0.0745. The number of carbonyl (C=O) groups excluding carboxylic acids is 1. The Hall–Kier alpha value is -2.17. The zero-order valence-corrected chi connectivity index (χ0v) is 9.42. The Kier molecular flexibility index (Phi) is 2.91. The summed E-state index contributed by atoms with van der Waals surface area (Å²) < 4.78 is 1.76. The number of para-hydroxylation sites is 1. The Balaban J connectivity index is 2.49. The number of nitro benzene ring substituents is 1. The van der Waals surface area contributed by atoms with Gasteiger partial charge in [-0.25, -0.2) is 0 Å². The van der Waals surface area contributed by atoms with E-state index < -0.39 is 4.92 Å². The molecular formula is C12H12N2O3. The molecule has 5 heteroatoms. The first-order valence-corrected chi connectivity index (χ1v) is 5.31. The Morgan fingerprint density at radius 2 is 2.18 bits per heavy atom. The van der Waals surface area contributed by atoms with Crippen molar-refractivity contribution < 1.29 is 9.72 Å².